The number of fused-ring (bicyclic) bond motifs is 4. The van der Waals surface area contributed by atoms with Crippen LogP contribution in [0, 0.1) is 5.92 Å². The Morgan fingerprint density at radius 1 is 0.943 bits per heavy atom. The lowest BCUT2D eigenvalue weighted by molar-refractivity contribution is -0.115. The molecule has 180 valence electrons. The second kappa shape index (κ2) is 9.66. The third-order valence-electron chi connectivity index (χ3n) is 6.71. The number of aromatic nitrogens is 1. The highest BCUT2D eigenvalue weighted by Gasteiger charge is 2.36. The van der Waals surface area contributed by atoms with Crippen molar-refractivity contribution >= 4 is 23.3 Å². The summed E-state index contributed by atoms with van der Waals surface area (Å²) >= 11 is 0. The summed E-state index contributed by atoms with van der Waals surface area (Å²) in [5.41, 5.74) is 2.62. The zero-order valence-electron chi connectivity index (χ0n) is 19.6. The fraction of sp³-hybridized carbons (Fsp3) is 0.296. The zero-order chi connectivity index (χ0) is 24.4. The number of amides is 3. The van der Waals surface area contributed by atoms with Crippen molar-refractivity contribution in [1.29, 1.82) is 0 Å². The minimum absolute atomic E-state index is 0.0749. The third kappa shape index (κ3) is 4.91. The van der Waals surface area contributed by atoms with Gasteiger partial charge in [-0.3, -0.25) is 9.59 Å². The largest absolute Gasteiger partial charge is 0.497 e. The minimum atomic E-state index is -0.216. The quantitative estimate of drug-likeness (QED) is 0.592. The summed E-state index contributed by atoms with van der Waals surface area (Å²) in [4.78, 5) is 40.4. The summed E-state index contributed by atoms with van der Waals surface area (Å²) in [5, 5.41) is 5.73. The Morgan fingerprint density at radius 2 is 1.71 bits per heavy atom. The number of pyridine rings is 1. The molecular weight excluding hydrogens is 444 g/mol. The van der Waals surface area contributed by atoms with E-state index in [2.05, 4.69) is 10.6 Å². The van der Waals surface area contributed by atoms with Crippen molar-refractivity contribution in [1.82, 2.24) is 9.47 Å². The number of hydrogen-bond acceptors (Lipinski definition) is 4. The lowest BCUT2D eigenvalue weighted by Crippen LogP contribution is -2.50. The molecule has 2 atom stereocenters. The van der Waals surface area contributed by atoms with Crippen molar-refractivity contribution in [3.05, 3.63) is 88.3 Å². The van der Waals surface area contributed by atoms with Gasteiger partial charge in [-0.2, -0.15) is 0 Å². The average molecular weight is 473 g/mol. The van der Waals surface area contributed by atoms with Crippen molar-refractivity contribution < 1.29 is 14.3 Å². The fourth-order valence-corrected chi connectivity index (χ4v) is 5.06. The number of nitrogens with zero attached hydrogens (tertiary/aromatic N) is 2. The molecule has 0 unspecified atom stereocenters. The molecule has 8 heteroatoms. The zero-order valence-corrected chi connectivity index (χ0v) is 19.6. The van der Waals surface area contributed by atoms with Crippen LogP contribution in [0.25, 0.3) is 0 Å². The van der Waals surface area contributed by atoms with E-state index in [4.69, 9.17) is 4.74 Å². The van der Waals surface area contributed by atoms with Crippen LogP contribution in [0.2, 0.25) is 0 Å². The van der Waals surface area contributed by atoms with E-state index in [9.17, 15) is 14.4 Å². The Morgan fingerprint density at radius 3 is 2.46 bits per heavy atom. The molecule has 0 spiro atoms. The number of carbonyl (C=O) groups excluding carboxylic acids is 2. The van der Waals surface area contributed by atoms with Gasteiger partial charge in [-0.15, -0.1) is 0 Å². The summed E-state index contributed by atoms with van der Waals surface area (Å²) in [6.07, 6.45) is 1.15. The van der Waals surface area contributed by atoms with Gasteiger partial charge in [0.2, 0.25) is 5.91 Å². The summed E-state index contributed by atoms with van der Waals surface area (Å²) in [7, 11) is 1.60. The van der Waals surface area contributed by atoms with Gasteiger partial charge in [-0.05, 0) is 54.3 Å². The first kappa shape index (κ1) is 22.7. The minimum Gasteiger partial charge on any atom is -0.497 e. The number of piperidine rings is 1. The first-order valence-corrected chi connectivity index (χ1v) is 11.8. The number of ether oxygens (including phenoxy) is 1. The van der Waals surface area contributed by atoms with Gasteiger partial charge in [0, 0.05) is 36.9 Å². The topological polar surface area (TPSA) is 92.7 Å². The number of nitrogens with one attached hydrogen (secondary N) is 2. The van der Waals surface area contributed by atoms with Gasteiger partial charge in [0.05, 0.1) is 13.5 Å². The Bertz CT molecular complexity index is 1290. The van der Waals surface area contributed by atoms with Crippen LogP contribution in [-0.4, -0.2) is 41.6 Å². The molecule has 2 aliphatic heterocycles. The Labute approximate surface area is 203 Å². The van der Waals surface area contributed by atoms with Gasteiger partial charge < -0.3 is 24.8 Å². The molecule has 2 aromatic carbocycles. The molecule has 1 saturated heterocycles. The maximum atomic E-state index is 13.2. The molecule has 0 saturated carbocycles. The van der Waals surface area contributed by atoms with Gasteiger partial charge in [0.15, 0.2) is 0 Å². The number of carbonyl (C=O) groups is 2. The van der Waals surface area contributed by atoms with E-state index in [0.717, 1.165) is 23.4 Å². The third-order valence-corrected chi connectivity index (χ3v) is 6.71. The number of likely N-dealkylation sites (tertiary alicyclic amines) is 1. The molecule has 1 fully saturated rings. The standard InChI is InChI=1S/C27H28N4O4/c1-35-22-9-7-21(8-10-22)28-27(34)30-15-19-13-20(17-30)24-12-11-23(26(33)31(24)16-19)29-25(32)14-18-5-3-2-4-6-18/h2-12,19-20H,13-17H2,1H3,(H,28,34)(H,29,32)/t19-,20+/m0/s1. The predicted molar refractivity (Wildman–Crippen MR) is 134 cm³/mol. The van der Waals surface area contributed by atoms with Gasteiger partial charge in [-0.1, -0.05) is 30.3 Å². The van der Waals surface area contributed by atoms with E-state index in [1.165, 1.54) is 0 Å². The molecule has 35 heavy (non-hydrogen) atoms. The number of methoxy groups -OCH3 is 1. The second-order valence-electron chi connectivity index (χ2n) is 9.16. The Hall–Kier alpha value is -4.07. The van der Waals surface area contributed by atoms with Crippen LogP contribution in [0.15, 0.2) is 71.5 Å². The van der Waals surface area contributed by atoms with E-state index < -0.39 is 0 Å². The highest BCUT2D eigenvalue weighted by Crippen LogP contribution is 2.35. The van der Waals surface area contributed by atoms with Crippen molar-refractivity contribution in [2.75, 3.05) is 30.8 Å². The number of urea groups is 1. The van der Waals surface area contributed by atoms with E-state index >= 15 is 0 Å². The van der Waals surface area contributed by atoms with Crippen molar-refractivity contribution in [3.8, 4) is 5.75 Å². The monoisotopic (exact) mass is 472 g/mol. The van der Waals surface area contributed by atoms with Gasteiger partial charge >= 0.3 is 6.03 Å². The van der Waals surface area contributed by atoms with E-state index in [1.54, 1.807) is 29.9 Å². The molecule has 0 radical (unpaired) electrons. The maximum Gasteiger partial charge on any atom is 0.321 e. The fourth-order valence-electron chi connectivity index (χ4n) is 5.06. The van der Waals surface area contributed by atoms with E-state index in [-0.39, 0.29) is 35.8 Å². The number of benzene rings is 2. The van der Waals surface area contributed by atoms with Crippen LogP contribution >= 0.6 is 0 Å². The van der Waals surface area contributed by atoms with Crippen LogP contribution in [-0.2, 0) is 17.8 Å². The molecule has 3 aromatic rings. The molecule has 2 aliphatic rings. The molecule has 2 N–H and O–H groups in total. The maximum absolute atomic E-state index is 13.2. The van der Waals surface area contributed by atoms with E-state index in [0.29, 0.717) is 31.0 Å². The first-order chi connectivity index (χ1) is 17.0. The van der Waals surface area contributed by atoms with Crippen LogP contribution in [0.4, 0.5) is 16.2 Å². The smallest absolute Gasteiger partial charge is 0.321 e. The number of hydrogen-bond donors (Lipinski definition) is 2. The SMILES string of the molecule is COc1ccc(NC(=O)N2C[C@@H]3C[C@H](C2)c2ccc(NC(=O)Cc4ccccc4)c(=O)n2C3)cc1. The molecule has 3 amide bonds. The summed E-state index contributed by atoms with van der Waals surface area (Å²) in [6, 6.07) is 20.1. The highest BCUT2D eigenvalue weighted by atomic mass is 16.5. The van der Waals surface area contributed by atoms with Crippen molar-refractivity contribution in [2.45, 2.75) is 25.3 Å². The van der Waals surface area contributed by atoms with Crippen LogP contribution in [0.1, 0.15) is 23.6 Å². The van der Waals surface area contributed by atoms with Gasteiger partial charge in [-0.25, -0.2) is 4.79 Å². The molecule has 8 nitrogen and oxygen atoms in total. The molecule has 2 bridgehead atoms. The predicted octanol–water partition coefficient (Wildman–Crippen LogP) is 3.69. The summed E-state index contributed by atoms with van der Waals surface area (Å²) in [6.45, 7) is 1.64. The van der Waals surface area contributed by atoms with Crippen LogP contribution in [0.5, 0.6) is 5.75 Å². The number of anilines is 2. The average Bonchev–Trinajstić information content (AvgIpc) is 2.87. The molecule has 5 rings (SSSR count). The summed E-state index contributed by atoms with van der Waals surface area (Å²) in [5.74, 6) is 0.765. The van der Waals surface area contributed by atoms with Crippen molar-refractivity contribution in [2.24, 2.45) is 5.92 Å². The molecule has 0 aliphatic carbocycles. The van der Waals surface area contributed by atoms with Gasteiger partial charge in [0.25, 0.3) is 5.56 Å². The molecular formula is C27H28N4O4. The van der Waals surface area contributed by atoms with Gasteiger partial charge in [0.1, 0.15) is 11.4 Å². The molecule has 1 aromatic heterocycles. The van der Waals surface area contributed by atoms with E-state index in [1.807, 2.05) is 53.4 Å². The Kier molecular flexibility index (Phi) is 6.27. The first-order valence-electron chi connectivity index (χ1n) is 11.8. The lowest BCUT2D eigenvalue weighted by atomic mass is 9.83. The molecule has 3 heterocycles. The number of rotatable bonds is 5. The highest BCUT2D eigenvalue weighted by molar-refractivity contribution is 5.92. The summed E-state index contributed by atoms with van der Waals surface area (Å²) < 4.78 is 6.94. The Balaban J connectivity index is 1.27. The van der Waals surface area contributed by atoms with Crippen molar-refractivity contribution in [3.63, 3.8) is 0 Å². The van der Waals surface area contributed by atoms with Crippen LogP contribution in [0.3, 0.4) is 0 Å². The normalized spacial score (nSPS) is 18.4. The van der Waals surface area contributed by atoms with Crippen LogP contribution < -0.4 is 20.9 Å². The lowest BCUT2D eigenvalue weighted by Gasteiger charge is -2.42. The second-order valence-corrected chi connectivity index (χ2v) is 9.16.